The molecule has 0 saturated heterocycles. The van der Waals surface area contributed by atoms with Gasteiger partial charge in [-0.1, -0.05) is 30.3 Å². The van der Waals surface area contributed by atoms with E-state index in [0.717, 1.165) is 17.2 Å². The number of nitrogens with one attached hydrogen (secondary N) is 3. The summed E-state index contributed by atoms with van der Waals surface area (Å²) in [7, 11) is 1.82. The summed E-state index contributed by atoms with van der Waals surface area (Å²) in [6, 6.07) is 14.7. The highest BCUT2D eigenvalue weighted by Gasteiger charge is 2.33. The molecule has 0 unspecified atom stereocenters. The molecule has 0 bridgehead atoms. The van der Waals surface area contributed by atoms with Crippen LogP contribution in [0.3, 0.4) is 0 Å². The molecular weight excluding hydrogens is 442 g/mol. The van der Waals surface area contributed by atoms with Crippen molar-refractivity contribution < 1.29 is 18.7 Å². The number of hydrogen-bond donors (Lipinski definition) is 4. The molecule has 10 heteroatoms. The monoisotopic (exact) mass is 466 g/mol. The molecule has 176 valence electrons. The lowest BCUT2D eigenvalue weighted by Crippen LogP contribution is -2.27. The van der Waals surface area contributed by atoms with E-state index in [-0.39, 0.29) is 30.0 Å². The van der Waals surface area contributed by atoms with Crippen LogP contribution in [0.5, 0.6) is 5.75 Å². The molecule has 0 radical (unpaired) electrons. The Morgan fingerprint density at radius 2 is 1.85 bits per heavy atom. The molecule has 0 aliphatic carbocycles. The predicted octanol–water partition coefficient (Wildman–Crippen LogP) is 2.84. The molecule has 34 heavy (non-hydrogen) atoms. The Bertz CT molecular complexity index is 1180. The van der Waals surface area contributed by atoms with Crippen molar-refractivity contribution in [3.63, 3.8) is 0 Å². The smallest absolute Gasteiger partial charge is 0.306 e. The van der Waals surface area contributed by atoms with Crippen molar-refractivity contribution >= 4 is 11.7 Å². The lowest BCUT2D eigenvalue weighted by atomic mass is 10.1. The van der Waals surface area contributed by atoms with Crippen molar-refractivity contribution in [3.05, 3.63) is 82.8 Å². The third-order valence-electron chi connectivity index (χ3n) is 5.01. The van der Waals surface area contributed by atoms with Crippen LogP contribution in [0, 0.1) is 11.3 Å². The van der Waals surface area contributed by atoms with Gasteiger partial charge in [-0.2, -0.15) is 14.0 Å². The molecule has 8 nitrogen and oxygen atoms in total. The van der Waals surface area contributed by atoms with Crippen LogP contribution in [0.4, 0.5) is 14.6 Å². The number of nitrogens with zero attached hydrogens (tertiary/aromatic N) is 3. The van der Waals surface area contributed by atoms with Gasteiger partial charge in [-0.25, -0.2) is 4.98 Å². The molecule has 2 heterocycles. The molecule has 0 aliphatic heterocycles. The van der Waals surface area contributed by atoms with E-state index in [1.807, 2.05) is 31.3 Å². The number of amides is 1. The summed E-state index contributed by atoms with van der Waals surface area (Å²) < 4.78 is 28.9. The number of anilines is 1. The summed E-state index contributed by atoms with van der Waals surface area (Å²) in [5.74, 6) is -4.27. The molecule has 0 saturated carbocycles. The van der Waals surface area contributed by atoms with Crippen LogP contribution in [0.2, 0.25) is 0 Å². The number of aromatic nitrogens is 2. The number of hydrogen-bond acceptors (Lipinski definition) is 7. The zero-order valence-electron chi connectivity index (χ0n) is 18.5. The maximum atomic E-state index is 14.4. The summed E-state index contributed by atoms with van der Waals surface area (Å²) in [6.07, 6.45) is 0.935. The van der Waals surface area contributed by atoms with Gasteiger partial charge < -0.3 is 21.1 Å². The summed E-state index contributed by atoms with van der Waals surface area (Å²) in [6.45, 7) is 0.0636. The number of nitriles is 1. The van der Waals surface area contributed by atoms with Crippen LogP contribution in [0.15, 0.2) is 54.7 Å². The number of halogens is 2. The summed E-state index contributed by atoms with van der Waals surface area (Å²) in [4.78, 5) is 20.3. The van der Waals surface area contributed by atoms with Crippen LogP contribution in [-0.4, -0.2) is 34.6 Å². The van der Waals surface area contributed by atoms with Crippen LogP contribution in [0.1, 0.15) is 28.1 Å². The first-order valence-electron chi connectivity index (χ1n) is 10.5. The summed E-state index contributed by atoms with van der Waals surface area (Å²) >= 11 is 0. The van der Waals surface area contributed by atoms with E-state index in [1.54, 1.807) is 6.07 Å². The summed E-state index contributed by atoms with van der Waals surface area (Å²) in [5.41, 5.74) is 1.26. The first-order chi connectivity index (χ1) is 16.3. The van der Waals surface area contributed by atoms with Gasteiger partial charge in [-0.15, -0.1) is 0 Å². The quantitative estimate of drug-likeness (QED) is 0.362. The number of benzene rings is 1. The summed E-state index contributed by atoms with van der Waals surface area (Å²) in [5, 5.41) is 27.9. The maximum Gasteiger partial charge on any atom is 0.306 e. The van der Waals surface area contributed by atoms with E-state index in [9.17, 15) is 23.9 Å². The van der Waals surface area contributed by atoms with Gasteiger partial charge in [0.1, 0.15) is 17.6 Å². The van der Waals surface area contributed by atoms with E-state index in [2.05, 4.69) is 25.9 Å². The molecule has 4 N–H and O–H groups in total. The maximum absolute atomic E-state index is 14.4. The normalized spacial score (nSPS) is 11.0. The van der Waals surface area contributed by atoms with Gasteiger partial charge >= 0.3 is 5.92 Å². The Hall–Kier alpha value is -4.10. The number of carbonyl (C=O) groups is 1. The van der Waals surface area contributed by atoms with E-state index in [4.69, 9.17) is 0 Å². The van der Waals surface area contributed by atoms with E-state index in [1.165, 1.54) is 24.4 Å². The highest BCUT2D eigenvalue weighted by Crippen LogP contribution is 2.28. The Balaban J connectivity index is 1.70. The highest BCUT2D eigenvalue weighted by molar-refractivity contribution is 5.79. The molecule has 1 aromatic carbocycles. The van der Waals surface area contributed by atoms with Crippen molar-refractivity contribution in [2.24, 2.45) is 0 Å². The van der Waals surface area contributed by atoms with Gasteiger partial charge in [-0.05, 0) is 30.3 Å². The molecule has 3 aromatic rings. The molecule has 0 atom stereocenters. The molecular formula is C24H24F2N6O2. The molecule has 1 amide bonds. The second-order valence-electron chi connectivity index (χ2n) is 7.49. The van der Waals surface area contributed by atoms with Gasteiger partial charge in [0.2, 0.25) is 5.91 Å². The zero-order chi connectivity index (χ0) is 24.6. The fourth-order valence-corrected chi connectivity index (χ4v) is 3.26. The van der Waals surface area contributed by atoms with Crippen LogP contribution in [-0.2, 0) is 30.2 Å². The van der Waals surface area contributed by atoms with Gasteiger partial charge in [0.15, 0.2) is 5.75 Å². The fraction of sp³-hybridized carbons (Fsp3) is 0.250. The first-order valence-corrected chi connectivity index (χ1v) is 10.5. The standard InChI is InChI=1S/C24H24F2N6O2/c1-28-13-16-6-2-3-7-17(16)14-30-22(33)11-19-23(34)18(12-27)10-21(32-19)31-15-24(25,26)20-8-4-5-9-29-20/h2-10,28,34H,11,13-15H2,1H3,(H,30,33)(H,31,32). The number of pyridine rings is 2. The van der Waals surface area contributed by atoms with E-state index in [0.29, 0.717) is 6.54 Å². The van der Waals surface area contributed by atoms with Gasteiger partial charge in [0, 0.05) is 25.4 Å². The van der Waals surface area contributed by atoms with Gasteiger partial charge in [-0.3, -0.25) is 9.78 Å². The third-order valence-corrected chi connectivity index (χ3v) is 5.01. The minimum Gasteiger partial charge on any atom is -0.505 e. The predicted molar refractivity (Wildman–Crippen MR) is 122 cm³/mol. The fourth-order valence-electron chi connectivity index (χ4n) is 3.26. The molecule has 3 rings (SSSR count). The van der Waals surface area contributed by atoms with Crippen LogP contribution in [0.25, 0.3) is 0 Å². The Morgan fingerprint density at radius 3 is 2.50 bits per heavy atom. The van der Waals surface area contributed by atoms with Crippen LogP contribution < -0.4 is 16.0 Å². The number of rotatable bonds is 10. The van der Waals surface area contributed by atoms with Crippen molar-refractivity contribution in [1.82, 2.24) is 20.6 Å². The Morgan fingerprint density at radius 1 is 1.15 bits per heavy atom. The highest BCUT2D eigenvalue weighted by atomic mass is 19.3. The number of alkyl halides is 2. The minimum absolute atomic E-state index is 0.0629. The van der Waals surface area contributed by atoms with Crippen molar-refractivity contribution in [1.29, 1.82) is 5.26 Å². The lowest BCUT2D eigenvalue weighted by molar-refractivity contribution is -0.120. The van der Waals surface area contributed by atoms with Crippen LogP contribution >= 0.6 is 0 Å². The lowest BCUT2D eigenvalue weighted by Gasteiger charge is -2.17. The topological polar surface area (TPSA) is 123 Å². The second kappa shape index (κ2) is 11.2. The van der Waals surface area contributed by atoms with Crippen molar-refractivity contribution in [2.45, 2.75) is 25.4 Å². The van der Waals surface area contributed by atoms with Gasteiger partial charge in [0.25, 0.3) is 0 Å². The zero-order valence-corrected chi connectivity index (χ0v) is 18.5. The van der Waals surface area contributed by atoms with Crippen molar-refractivity contribution in [2.75, 3.05) is 18.9 Å². The number of carbonyl (C=O) groups excluding carboxylic acids is 1. The minimum atomic E-state index is -3.30. The Labute approximate surface area is 195 Å². The average Bonchev–Trinajstić information content (AvgIpc) is 2.84. The molecule has 2 aromatic heterocycles. The molecule has 0 aliphatic rings. The van der Waals surface area contributed by atoms with E-state index >= 15 is 0 Å². The first kappa shape index (κ1) is 24.5. The SMILES string of the molecule is CNCc1ccccc1CNC(=O)Cc1nc(NCC(F)(F)c2ccccn2)cc(C#N)c1O. The molecule has 0 fully saturated rings. The largest absolute Gasteiger partial charge is 0.505 e. The average molecular weight is 466 g/mol. The Kier molecular flexibility index (Phi) is 8.05. The van der Waals surface area contributed by atoms with Crippen molar-refractivity contribution in [3.8, 4) is 11.8 Å². The van der Waals surface area contributed by atoms with Gasteiger partial charge in [0.05, 0.1) is 24.2 Å². The van der Waals surface area contributed by atoms with E-state index < -0.39 is 29.8 Å². The molecule has 0 spiro atoms. The third kappa shape index (κ3) is 6.24. The number of aromatic hydroxyl groups is 1. The second-order valence-corrected chi connectivity index (χ2v) is 7.49.